The van der Waals surface area contributed by atoms with Gasteiger partial charge in [-0.15, -0.1) is 0 Å². The van der Waals surface area contributed by atoms with Crippen LogP contribution in [-0.2, 0) is 11.4 Å². The van der Waals surface area contributed by atoms with Crippen LogP contribution in [0.4, 0.5) is 5.69 Å². The fourth-order valence-corrected chi connectivity index (χ4v) is 3.91. The molecule has 33 heavy (non-hydrogen) atoms. The zero-order valence-electron chi connectivity index (χ0n) is 19.1. The third-order valence-corrected chi connectivity index (χ3v) is 5.93. The molecule has 3 aromatic rings. The molecule has 3 aromatic carbocycles. The van der Waals surface area contributed by atoms with E-state index in [1.165, 1.54) is 6.08 Å². The Bertz CT molecular complexity index is 1150. The van der Waals surface area contributed by atoms with Gasteiger partial charge in [0.25, 0.3) is 0 Å². The molecule has 0 spiro atoms. The van der Waals surface area contributed by atoms with Crippen molar-refractivity contribution < 1.29 is 14.3 Å². The number of nitrogens with one attached hydrogen (secondary N) is 1. The molecule has 0 atom stereocenters. The lowest BCUT2D eigenvalue weighted by molar-refractivity contribution is -0.111. The number of ether oxygens (including phenoxy) is 2. The molecule has 0 aliphatic heterocycles. The van der Waals surface area contributed by atoms with E-state index in [9.17, 15) is 4.79 Å². The first kappa shape index (κ1) is 24.7. The largest absolute Gasteiger partial charge is 0.493 e. The number of methoxy groups -OCH3 is 1. The molecule has 0 aliphatic rings. The number of amides is 1. The predicted molar refractivity (Wildman–Crippen MR) is 137 cm³/mol. The van der Waals surface area contributed by atoms with Crippen LogP contribution in [0.25, 0.3) is 6.08 Å². The van der Waals surface area contributed by atoms with Gasteiger partial charge in [0, 0.05) is 27.4 Å². The molecule has 0 saturated heterocycles. The average molecular weight is 484 g/mol. The number of benzene rings is 3. The SMILES string of the molecule is COc1cc(/C=C/C(=O)Nc2c(C)cccc2C(C)C)ccc1OCc1c(Cl)cccc1Cl. The van der Waals surface area contributed by atoms with Crippen molar-refractivity contribution in [3.63, 3.8) is 0 Å². The van der Waals surface area contributed by atoms with Crippen molar-refractivity contribution in [3.05, 3.63) is 93.0 Å². The maximum absolute atomic E-state index is 12.6. The molecule has 1 N–H and O–H groups in total. The van der Waals surface area contributed by atoms with Gasteiger partial charge in [-0.05, 0) is 59.9 Å². The van der Waals surface area contributed by atoms with Crippen LogP contribution in [0.1, 0.15) is 42.0 Å². The molecule has 0 saturated carbocycles. The first-order valence-electron chi connectivity index (χ1n) is 10.6. The van der Waals surface area contributed by atoms with Gasteiger partial charge in [0.2, 0.25) is 5.91 Å². The molecule has 0 heterocycles. The van der Waals surface area contributed by atoms with Crippen molar-refractivity contribution in [2.45, 2.75) is 33.3 Å². The minimum atomic E-state index is -0.196. The molecular weight excluding hydrogens is 457 g/mol. The molecule has 0 aromatic heterocycles. The quantitative estimate of drug-likeness (QED) is 0.334. The van der Waals surface area contributed by atoms with Gasteiger partial charge in [-0.1, -0.05) is 67.4 Å². The zero-order valence-corrected chi connectivity index (χ0v) is 20.6. The van der Waals surface area contributed by atoms with Gasteiger partial charge >= 0.3 is 0 Å². The maximum atomic E-state index is 12.6. The average Bonchev–Trinajstić information content (AvgIpc) is 2.79. The summed E-state index contributed by atoms with van der Waals surface area (Å²) in [7, 11) is 1.57. The second kappa shape index (κ2) is 11.3. The summed E-state index contributed by atoms with van der Waals surface area (Å²) in [6, 6.07) is 16.8. The number of halogens is 2. The van der Waals surface area contributed by atoms with Gasteiger partial charge < -0.3 is 14.8 Å². The summed E-state index contributed by atoms with van der Waals surface area (Å²) >= 11 is 12.4. The van der Waals surface area contributed by atoms with E-state index in [0.29, 0.717) is 33.0 Å². The number of carbonyl (C=O) groups is 1. The molecule has 0 radical (unpaired) electrons. The Kier molecular flexibility index (Phi) is 8.43. The fraction of sp³-hybridized carbons (Fsp3) is 0.222. The van der Waals surface area contributed by atoms with Crippen LogP contribution in [0.2, 0.25) is 10.0 Å². The topological polar surface area (TPSA) is 47.6 Å². The minimum absolute atomic E-state index is 0.196. The second-order valence-electron chi connectivity index (χ2n) is 7.92. The molecule has 0 aliphatic carbocycles. The van der Waals surface area contributed by atoms with E-state index in [1.54, 1.807) is 43.5 Å². The molecule has 1 amide bonds. The Balaban J connectivity index is 1.71. The van der Waals surface area contributed by atoms with Crippen LogP contribution in [0.5, 0.6) is 11.5 Å². The van der Waals surface area contributed by atoms with E-state index in [0.717, 1.165) is 22.4 Å². The molecule has 0 unspecified atom stereocenters. The lowest BCUT2D eigenvalue weighted by Gasteiger charge is -2.15. The Labute approximate surface area is 205 Å². The molecule has 0 fully saturated rings. The third kappa shape index (κ3) is 6.31. The van der Waals surface area contributed by atoms with Crippen LogP contribution in [0, 0.1) is 6.92 Å². The van der Waals surface area contributed by atoms with Gasteiger partial charge in [-0.2, -0.15) is 0 Å². The van der Waals surface area contributed by atoms with Crippen molar-refractivity contribution in [3.8, 4) is 11.5 Å². The first-order chi connectivity index (χ1) is 15.8. The molecular formula is C27H27Cl2NO3. The third-order valence-electron chi connectivity index (χ3n) is 5.22. The van der Waals surface area contributed by atoms with Crippen LogP contribution >= 0.6 is 23.2 Å². The molecule has 4 nitrogen and oxygen atoms in total. The van der Waals surface area contributed by atoms with Gasteiger partial charge in [0.1, 0.15) is 6.61 Å². The summed E-state index contributed by atoms with van der Waals surface area (Å²) in [6.07, 6.45) is 3.25. The number of carbonyl (C=O) groups excluding carboxylic acids is 1. The van der Waals surface area contributed by atoms with Gasteiger partial charge in [0.15, 0.2) is 11.5 Å². The van der Waals surface area contributed by atoms with Crippen LogP contribution in [0.3, 0.4) is 0 Å². The summed E-state index contributed by atoms with van der Waals surface area (Å²) in [5.41, 5.74) is 4.52. The van der Waals surface area contributed by atoms with Crippen molar-refractivity contribution in [1.29, 1.82) is 0 Å². The van der Waals surface area contributed by atoms with E-state index in [2.05, 4.69) is 19.2 Å². The molecule has 172 valence electrons. The van der Waals surface area contributed by atoms with Crippen LogP contribution in [-0.4, -0.2) is 13.0 Å². The first-order valence-corrected chi connectivity index (χ1v) is 11.4. The summed E-state index contributed by atoms with van der Waals surface area (Å²) in [5.74, 6) is 1.21. The Morgan fingerprint density at radius 1 is 1.03 bits per heavy atom. The number of anilines is 1. The van der Waals surface area contributed by atoms with E-state index < -0.39 is 0 Å². The highest BCUT2D eigenvalue weighted by molar-refractivity contribution is 6.35. The number of rotatable bonds is 8. The number of hydrogen-bond acceptors (Lipinski definition) is 3. The van der Waals surface area contributed by atoms with E-state index in [1.807, 2.05) is 31.2 Å². The Hall–Kier alpha value is -2.95. The lowest BCUT2D eigenvalue weighted by atomic mass is 9.98. The van der Waals surface area contributed by atoms with Crippen molar-refractivity contribution >= 4 is 40.9 Å². The number of aryl methyl sites for hydroxylation is 1. The van der Waals surface area contributed by atoms with Crippen molar-refractivity contribution in [2.24, 2.45) is 0 Å². The van der Waals surface area contributed by atoms with Gasteiger partial charge in [0.05, 0.1) is 7.11 Å². The van der Waals surface area contributed by atoms with E-state index in [4.69, 9.17) is 32.7 Å². The summed E-state index contributed by atoms with van der Waals surface area (Å²) in [6.45, 7) is 6.41. The Morgan fingerprint density at radius 2 is 1.73 bits per heavy atom. The smallest absolute Gasteiger partial charge is 0.248 e. The highest BCUT2D eigenvalue weighted by Gasteiger charge is 2.12. The molecule has 3 rings (SSSR count). The van der Waals surface area contributed by atoms with Crippen molar-refractivity contribution in [1.82, 2.24) is 0 Å². The molecule has 6 heteroatoms. The zero-order chi connectivity index (χ0) is 24.0. The lowest BCUT2D eigenvalue weighted by Crippen LogP contribution is -2.11. The maximum Gasteiger partial charge on any atom is 0.248 e. The standard InChI is InChI=1S/C27H27Cl2NO3/c1-17(2)20-8-5-7-18(3)27(20)30-26(31)14-12-19-11-13-24(25(15-19)32-4)33-16-21-22(28)9-6-10-23(21)29/h5-15,17H,16H2,1-4H3,(H,30,31)/b14-12+. The number of hydrogen-bond donors (Lipinski definition) is 1. The van der Waals surface area contributed by atoms with Crippen LogP contribution < -0.4 is 14.8 Å². The minimum Gasteiger partial charge on any atom is -0.493 e. The van der Waals surface area contributed by atoms with E-state index >= 15 is 0 Å². The highest BCUT2D eigenvalue weighted by atomic mass is 35.5. The van der Waals surface area contributed by atoms with Crippen LogP contribution in [0.15, 0.2) is 60.7 Å². The van der Waals surface area contributed by atoms with Gasteiger partial charge in [-0.25, -0.2) is 0 Å². The van der Waals surface area contributed by atoms with E-state index in [-0.39, 0.29) is 12.5 Å². The number of para-hydroxylation sites is 1. The highest BCUT2D eigenvalue weighted by Crippen LogP contribution is 2.32. The fourth-order valence-electron chi connectivity index (χ4n) is 3.41. The summed E-state index contributed by atoms with van der Waals surface area (Å²) in [4.78, 5) is 12.6. The normalized spacial score (nSPS) is 11.1. The summed E-state index contributed by atoms with van der Waals surface area (Å²) in [5, 5.41) is 4.10. The second-order valence-corrected chi connectivity index (χ2v) is 8.73. The predicted octanol–water partition coefficient (Wildman–Crippen LogP) is 7.66. The monoisotopic (exact) mass is 483 g/mol. The molecule has 0 bridgehead atoms. The van der Waals surface area contributed by atoms with Crippen molar-refractivity contribution in [2.75, 3.05) is 12.4 Å². The van der Waals surface area contributed by atoms with Gasteiger partial charge in [-0.3, -0.25) is 4.79 Å². The summed E-state index contributed by atoms with van der Waals surface area (Å²) < 4.78 is 11.4. The Morgan fingerprint density at radius 3 is 2.39 bits per heavy atom.